The summed E-state index contributed by atoms with van der Waals surface area (Å²) in [4.78, 5) is 0. The minimum absolute atomic E-state index is 0.701. The second-order valence-electron chi connectivity index (χ2n) is 3.27. The van der Waals surface area contributed by atoms with E-state index < -0.39 is 0 Å². The molecule has 3 nitrogen and oxygen atoms in total. The molecule has 1 heterocycles. The maximum atomic E-state index is 4.98. The van der Waals surface area contributed by atoms with Crippen molar-refractivity contribution in [1.29, 1.82) is 0 Å². The highest BCUT2D eigenvalue weighted by Crippen LogP contribution is 2.05. The average Bonchev–Trinajstić information content (AvgIpc) is 2.48. The van der Waals surface area contributed by atoms with Crippen molar-refractivity contribution in [3.63, 3.8) is 0 Å². The molecular formula is C10H17N3S. The van der Waals surface area contributed by atoms with Crippen LogP contribution in [0.2, 0.25) is 0 Å². The average molecular weight is 211 g/mol. The van der Waals surface area contributed by atoms with Crippen molar-refractivity contribution in [3.05, 3.63) is 23.5 Å². The first kappa shape index (κ1) is 11.0. The van der Waals surface area contributed by atoms with Crippen LogP contribution in [0.1, 0.15) is 11.4 Å². The molecule has 0 amide bonds. The van der Waals surface area contributed by atoms with E-state index in [-0.39, 0.29) is 0 Å². The molecule has 1 rings (SSSR count). The topological polar surface area (TPSA) is 29.0 Å². The minimum Gasteiger partial charge on any atom is -0.366 e. The quantitative estimate of drug-likeness (QED) is 0.736. The van der Waals surface area contributed by atoms with Crippen LogP contribution in [0.25, 0.3) is 0 Å². The van der Waals surface area contributed by atoms with Gasteiger partial charge in [-0.2, -0.15) is 0 Å². The van der Waals surface area contributed by atoms with Gasteiger partial charge in [0.05, 0.1) is 0 Å². The fraction of sp³-hybridized carbons (Fsp3) is 0.500. The summed E-state index contributed by atoms with van der Waals surface area (Å²) in [6, 6.07) is 4.26. The fourth-order valence-electron chi connectivity index (χ4n) is 1.42. The van der Waals surface area contributed by atoms with Gasteiger partial charge in [-0.1, -0.05) is 0 Å². The smallest absolute Gasteiger partial charge is 0.166 e. The number of hydrogen-bond donors (Lipinski definition) is 2. The first-order chi connectivity index (χ1) is 6.65. The minimum atomic E-state index is 0.701. The highest BCUT2D eigenvalue weighted by Gasteiger charge is 1.99. The van der Waals surface area contributed by atoms with Crippen molar-refractivity contribution < 1.29 is 0 Å². The summed E-state index contributed by atoms with van der Waals surface area (Å²) >= 11 is 4.98. The highest BCUT2D eigenvalue weighted by molar-refractivity contribution is 7.80. The Kier molecular flexibility index (Phi) is 3.95. The number of aryl methyl sites for hydroxylation is 2. The van der Waals surface area contributed by atoms with Crippen molar-refractivity contribution in [2.24, 2.45) is 0 Å². The molecule has 1 aromatic heterocycles. The van der Waals surface area contributed by atoms with Crippen molar-refractivity contribution in [3.8, 4) is 0 Å². The summed E-state index contributed by atoms with van der Waals surface area (Å²) in [5.74, 6) is 0. The largest absolute Gasteiger partial charge is 0.366 e. The number of hydrogen-bond acceptors (Lipinski definition) is 1. The molecule has 0 spiro atoms. The van der Waals surface area contributed by atoms with Crippen LogP contribution < -0.4 is 10.6 Å². The van der Waals surface area contributed by atoms with Crippen LogP contribution in [0.3, 0.4) is 0 Å². The third-order valence-corrected chi connectivity index (χ3v) is 2.61. The van der Waals surface area contributed by atoms with Crippen LogP contribution in [0.5, 0.6) is 0 Å². The van der Waals surface area contributed by atoms with Gasteiger partial charge < -0.3 is 15.2 Å². The zero-order valence-electron chi connectivity index (χ0n) is 8.92. The first-order valence-electron chi connectivity index (χ1n) is 4.73. The Morgan fingerprint density at radius 1 is 1.36 bits per heavy atom. The van der Waals surface area contributed by atoms with Gasteiger partial charge in [0.1, 0.15) is 0 Å². The second-order valence-corrected chi connectivity index (χ2v) is 3.68. The Bertz CT molecular complexity index is 298. The summed E-state index contributed by atoms with van der Waals surface area (Å²) in [6.07, 6.45) is 0. The fourth-order valence-corrected chi connectivity index (χ4v) is 1.52. The lowest BCUT2D eigenvalue weighted by molar-refractivity contribution is 0.644. The lowest BCUT2D eigenvalue weighted by Crippen LogP contribution is -2.34. The van der Waals surface area contributed by atoms with E-state index in [9.17, 15) is 0 Å². The number of rotatable bonds is 3. The molecule has 1 aromatic rings. The SMILES string of the molecule is CNC(=S)NCCn1c(C)ccc1C. The maximum Gasteiger partial charge on any atom is 0.166 e. The molecule has 14 heavy (non-hydrogen) atoms. The highest BCUT2D eigenvalue weighted by atomic mass is 32.1. The molecule has 0 radical (unpaired) electrons. The third kappa shape index (κ3) is 2.73. The van der Waals surface area contributed by atoms with Crippen LogP contribution in [-0.4, -0.2) is 23.3 Å². The zero-order valence-corrected chi connectivity index (χ0v) is 9.74. The van der Waals surface area contributed by atoms with E-state index in [4.69, 9.17) is 12.2 Å². The Morgan fingerprint density at radius 3 is 2.43 bits per heavy atom. The van der Waals surface area contributed by atoms with Gasteiger partial charge >= 0.3 is 0 Å². The lowest BCUT2D eigenvalue weighted by Gasteiger charge is -2.11. The van der Waals surface area contributed by atoms with Crippen LogP contribution in [0, 0.1) is 13.8 Å². The van der Waals surface area contributed by atoms with E-state index in [1.165, 1.54) is 11.4 Å². The van der Waals surface area contributed by atoms with E-state index in [2.05, 4.69) is 41.2 Å². The van der Waals surface area contributed by atoms with Gasteiger partial charge in [-0.3, -0.25) is 0 Å². The maximum absolute atomic E-state index is 4.98. The van der Waals surface area contributed by atoms with Gasteiger partial charge in [0.15, 0.2) is 5.11 Å². The van der Waals surface area contributed by atoms with Crippen molar-refractivity contribution in [1.82, 2.24) is 15.2 Å². The molecule has 78 valence electrons. The molecule has 0 bridgehead atoms. The van der Waals surface area contributed by atoms with E-state index >= 15 is 0 Å². The molecule has 4 heteroatoms. The summed E-state index contributed by atoms with van der Waals surface area (Å²) in [5.41, 5.74) is 2.58. The van der Waals surface area contributed by atoms with E-state index in [1.807, 2.05) is 7.05 Å². The molecule has 0 aliphatic rings. The van der Waals surface area contributed by atoms with Gasteiger partial charge in [0.2, 0.25) is 0 Å². The van der Waals surface area contributed by atoms with Crippen molar-refractivity contribution in [2.45, 2.75) is 20.4 Å². The number of nitrogens with one attached hydrogen (secondary N) is 2. The van der Waals surface area contributed by atoms with Gasteiger partial charge in [-0.15, -0.1) is 0 Å². The number of nitrogens with zero attached hydrogens (tertiary/aromatic N) is 1. The molecule has 0 fully saturated rings. The Labute approximate surface area is 90.5 Å². The van der Waals surface area contributed by atoms with Gasteiger partial charge in [0.25, 0.3) is 0 Å². The molecule has 0 aromatic carbocycles. The molecule has 0 atom stereocenters. The molecule has 0 unspecified atom stereocenters. The number of aromatic nitrogens is 1. The Morgan fingerprint density at radius 2 is 1.93 bits per heavy atom. The molecule has 2 N–H and O–H groups in total. The van der Waals surface area contributed by atoms with Crippen molar-refractivity contribution >= 4 is 17.3 Å². The summed E-state index contributed by atoms with van der Waals surface area (Å²) in [6.45, 7) is 6.04. The molecular weight excluding hydrogens is 194 g/mol. The van der Waals surface area contributed by atoms with Gasteiger partial charge in [-0.05, 0) is 38.2 Å². The summed E-state index contributed by atoms with van der Waals surface area (Å²) < 4.78 is 2.27. The Balaban J connectivity index is 2.42. The molecule has 0 aliphatic carbocycles. The predicted octanol–water partition coefficient (Wildman–Crippen LogP) is 1.20. The monoisotopic (exact) mass is 211 g/mol. The zero-order chi connectivity index (χ0) is 10.6. The van der Waals surface area contributed by atoms with Gasteiger partial charge in [-0.25, -0.2) is 0 Å². The summed E-state index contributed by atoms with van der Waals surface area (Å²) in [7, 11) is 1.82. The molecule has 0 saturated carbocycles. The van der Waals surface area contributed by atoms with Crippen LogP contribution in [0.4, 0.5) is 0 Å². The van der Waals surface area contributed by atoms with E-state index in [1.54, 1.807) is 0 Å². The van der Waals surface area contributed by atoms with Crippen LogP contribution in [0.15, 0.2) is 12.1 Å². The normalized spacial score (nSPS) is 9.93. The lowest BCUT2D eigenvalue weighted by atomic mass is 10.5. The standard InChI is InChI=1S/C10H17N3S/c1-8-4-5-9(2)13(8)7-6-12-10(14)11-3/h4-5H,6-7H2,1-3H3,(H2,11,12,14). The second kappa shape index (κ2) is 5.00. The van der Waals surface area contributed by atoms with E-state index in [0.717, 1.165) is 13.1 Å². The van der Waals surface area contributed by atoms with Crippen LogP contribution >= 0.6 is 12.2 Å². The first-order valence-corrected chi connectivity index (χ1v) is 5.14. The van der Waals surface area contributed by atoms with Crippen molar-refractivity contribution in [2.75, 3.05) is 13.6 Å². The Hall–Kier alpha value is -1.03. The molecule has 0 aliphatic heterocycles. The van der Waals surface area contributed by atoms with Crippen LogP contribution in [-0.2, 0) is 6.54 Å². The molecule has 0 saturated heterocycles. The van der Waals surface area contributed by atoms with Gasteiger partial charge in [0, 0.05) is 31.5 Å². The third-order valence-electron chi connectivity index (χ3n) is 2.27. The predicted molar refractivity (Wildman–Crippen MR) is 63.6 cm³/mol. The number of thiocarbonyl (C=S) groups is 1. The van der Waals surface area contributed by atoms with E-state index in [0.29, 0.717) is 5.11 Å². The summed E-state index contributed by atoms with van der Waals surface area (Å²) in [5, 5.41) is 6.71.